The highest BCUT2D eigenvalue weighted by Gasteiger charge is 2.27. The highest BCUT2D eigenvalue weighted by molar-refractivity contribution is 5.89. The summed E-state index contributed by atoms with van der Waals surface area (Å²) >= 11 is 0. The minimum Gasteiger partial charge on any atom is -0.464 e. The van der Waals surface area contributed by atoms with Crippen LogP contribution >= 0.6 is 0 Å². The largest absolute Gasteiger partial charge is 0.464 e. The molecule has 6 heteroatoms. The third-order valence-electron chi connectivity index (χ3n) is 3.54. The van der Waals surface area contributed by atoms with Crippen LogP contribution in [0.25, 0.3) is 0 Å². The maximum Gasteiger partial charge on any atom is 0.357 e. The summed E-state index contributed by atoms with van der Waals surface area (Å²) < 4.78 is 10.6. The molecule has 21 heavy (non-hydrogen) atoms. The zero-order chi connectivity index (χ0) is 15.4. The summed E-state index contributed by atoms with van der Waals surface area (Å²) in [6.45, 7) is 8.09. The number of fused-ring (bicyclic) bond motifs is 1. The lowest BCUT2D eigenvalue weighted by Gasteiger charge is -2.24. The molecule has 1 aromatic heterocycles. The van der Waals surface area contributed by atoms with Gasteiger partial charge in [0, 0.05) is 18.7 Å². The number of ether oxygens (including phenoxy) is 2. The Labute approximate surface area is 125 Å². The van der Waals surface area contributed by atoms with Crippen molar-refractivity contribution in [2.75, 3.05) is 20.3 Å². The van der Waals surface area contributed by atoms with Gasteiger partial charge in [-0.25, -0.2) is 14.8 Å². The summed E-state index contributed by atoms with van der Waals surface area (Å²) in [5.74, 6) is 0.385. The van der Waals surface area contributed by atoms with Gasteiger partial charge in [-0.2, -0.15) is 0 Å². The Kier molecular flexibility index (Phi) is 5.25. The first-order chi connectivity index (χ1) is 10.1. The topological polar surface area (TPSA) is 73.3 Å². The van der Waals surface area contributed by atoms with Crippen molar-refractivity contribution in [1.29, 1.82) is 0 Å². The number of aromatic nitrogens is 2. The quantitative estimate of drug-likeness (QED) is 0.832. The summed E-state index contributed by atoms with van der Waals surface area (Å²) in [6.07, 6.45) is 0.520. The molecule has 1 unspecified atom stereocenters. The van der Waals surface area contributed by atoms with Gasteiger partial charge >= 0.3 is 5.97 Å². The molecule has 2 rings (SSSR count). The van der Waals surface area contributed by atoms with Crippen LogP contribution in [0.1, 0.15) is 54.4 Å². The molecule has 1 aromatic rings. The molecule has 0 fully saturated rings. The minimum atomic E-state index is -0.407. The van der Waals surface area contributed by atoms with Gasteiger partial charge in [0.1, 0.15) is 6.10 Å². The maximum atomic E-state index is 12.0. The molecular formula is C15H23N3O3. The molecule has 0 saturated heterocycles. The zero-order valence-corrected chi connectivity index (χ0v) is 13.1. The van der Waals surface area contributed by atoms with E-state index in [1.54, 1.807) is 0 Å². The van der Waals surface area contributed by atoms with Gasteiger partial charge in [0.25, 0.3) is 0 Å². The number of nitrogens with zero attached hydrogens (tertiary/aromatic N) is 2. The Bertz CT molecular complexity index is 517. The first-order valence-corrected chi connectivity index (χ1v) is 7.38. The monoisotopic (exact) mass is 293 g/mol. The van der Waals surface area contributed by atoms with Crippen LogP contribution in [-0.2, 0) is 22.4 Å². The number of hydrogen-bond acceptors (Lipinski definition) is 6. The lowest BCUT2D eigenvalue weighted by atomic mass is 10.0. The van der Waals surface area contributed by atoms with Crippen LogP contribution in [-0.4, -0.2) is 36.2 Å². The summed E-state index contributed by atoms with van der Waals surface area (Å²) in [7, 11) is 1.38. The van der Waals surface area contributed by atoms with E-state index in [1.807, 2.05) is 6.92 Å². The van der Waals surface area contributed by atoms with Crippen LogP contribution in [0, 0.1) is 5.92 Å². The second-order valence-corrected chi connectivity index (χ2v) is 5.39. The van der Waals surface area contributed by atoms with Gasteiger partial charge in [0.2, 0.25) is 0 Å². The molecule has 1 aliphatic heterocycles. The normalized spacial score (nSPS) is 15.7. The molecule has 0 aromatic carbocycles. The minimum absolute atomic E-state index is 0.217. The van der Waals surface area contributed by atoms with Crippen LogP contribution < -0.4 is 5.32 Å². The van der Waals surface area contributed by atoms with E-state index in [0.29, 0.717) is 24.7 Å². The summed E-state index contributed by atoms with van der Waals surface area (Å²) in [5, 5.41) is 3.27. The van der Waals surface area contributed by atoms with Gasteiger partial charge in [0.05, 0.1) is 12.8 Å². The Hall–Kier alpha value is -1.53. The molecule has 1 N–H and O–H groups in total. The highest BCUT2D eigenvalue weighted by atomic mass is 16.5. The maximum absolute atomic E-state index is 12.0. The fourth-order valence-electron chi connectivity index (χ4n) is 2.52. The van der Waals surface area contributed by atoms with E-state index < -0.39 is 5.97 Å². The predicted octanol–water partition coefficient (Wildman–Crippen LogP) is 1.64. The Morgan fingerprint density at radius 1 is 1.38 bits per heavy atom. The first-order valence-electron chi connectivity index (χ1n) is 7.38. The summed E-state index contributed by atoms with van der Waals surface area (Å²) in [6, 6.07) is 0. The molecule has 0 spiro atoms. The van der Waals surface area contributed by atoms with E-state index in [2.05, 4.69) is 29.1 Å². The average molecular weight is 293 g/mol. The van der Waals surface area contributed by atoms with Gasteiger partial charge in [-0.3, -0.25) is 0 Å². The van der Waals surface area contributed by atoms with Crippen molar-refractivity contribution in [3.8, 4) is 0 Å². The van der Waals surface area contributed by atoms with E-state index in [4.69, 9.17) is 9.47 Å². The molecule has 0 bridgehead atoms. The van der Waals surface area contributed by atoms with Crippen molar-refractivity contribution < 1.29 is 14.3 Å². The number of nitrogens with one attached hydrogen (secondary N) is 1. The number of esters is 1. The third kappa shape index (κ3) is 3.39. The zero-order valence-electron chi connectivity index (χ0n) is 13.1. The van der Waals surface area contributed by atoms with Gasteiger partial charge in [-0.05, 0) is 25.8 Å². The third-order valence-corrected chi connectivity index (χ3v) is 3.54. The molecule has 0 saturated carbocycles. The summed E-state index contributed by atoms with van der Waals surface area (Å²) in [4.78, 5) is 21.1. The van der Waals surface area contributed by atoms with Crippen molar-refractivity contribution in [2.45, 2.75) is 39.8 Å². The Morgan fingerprint density at radius 3 is 2.76 bits per heavy atom. The number of rotatable bonds is 5. The van der Waals surface area contributed by atoms with Crippen LogP contribution in [0.3, 0.4) is 0 Å². The smallest absolute Gasteiger partial charge is 0.357 e. The van der Waals surface area contributed by atoms with E-state index in [9.17, 15) is 4.79 Å². The average Bonchev–Trinajstić information content (AvgIpc) is 2.50. The Balaban J connectivity index is 2.49. The number of methoxy groups -OCH3 is 1. The SMILES string of the molecule is CCOC(c1nc2c(c(C(=O)OC)n1)CCNC2)C(C)C. The highest BCUT2D eigenvalue weighted by Crippen LogP contribution is 2.26. The fourth-order valence-corrected chi connectivity index (χ4v) is 2.52. The fraction of sp³-hybridized carbons (Fsp3) is 0.667. The Morgan fingerprint density at radius 2 is 2.14 bits per heavy atom. The molecule has 0 amide bonds. The lowest BCUT2D eigenvalue weighted by molar-refractivity contribution is 0.0225. The molecule has 1 atom stereocenters. The molecule has 6 nitrogen and oxygen atoms in total. The summed E-state index contributed by atoms with van der Waals surface area (Å²) in [5.41, 5.74) is 2.14. The van der Waals surface area contributed by atoms with Gasteiger partial charge in [0.15, 0.2) is 11.5 Å². The van der Waals surface area contributed by atoms with Crippen molar-refractivity contribution >= 4 is 5.97 Å². The van der Waals surface area contributed by atoms with Crippen molar-refractivity contribution in [3.63, 3.8) is 0 Å². The van der Waals surface area contributed by atoms with Crippen LogP contribution in [0.15, 0.2) is 0 Å². The van der Waals surface area contributed by atoms with E-state index >= 15 is 0 Å². The van der Waals surface area contributed by atoms with Crippen molar-refractivity contribution in [3.05, 3.63) is 22.8 Å². The molecule has 1 aliphatic rings. The van der Waals surface area contributed by atoms with Gasteiger partial charge < -0.3 is 14.8 Å². The van der Waals surface area contributed by atoms with Gasteiger partial charge in [-0.1, -0.05) is 13.8 Å². The van der Waals surface area contributed by atoms with E-state index in [0.717, 1.165) is 24.2 Å². The standard InChI is InChI=1S/C15H23N3O3/c1-5-21-13(9(2)3)14-17-11-8-16-7-6-10(11)12(18-14)15(19)20-4/h9,13,16H,5-8H2,1-4H3. The lowest BCUT2D eigenvalue weighted by Crippen LogP contribution is -2.29. The molecular weight excluding hydrogens is 270 g/mol. The number of carbonyl (C=O) groups excluding carboxylic acids is 1. The molecule has 116 valence electrons. The van der Waals surface area contributed by atoms with E-state index in [-0.39, 0.29) is 12.0 Å². The van der Waals surface area contributed by atoms with Crippen molar-refractivity contribution in [1.82, 2.24) is 15.3 Å². The first kappa shape index (κ1) is 15.9. The van der Waals surface area contributed by atoms with Crippen molar-refractivity contribution in [2.24, 2.45) is 5.92 Å². The second-order valence-electron chi connectivity index (χ2n) is 5.39. The molecule has 0 radical (unpaired) electrons. The second kappa shape index (κ2) is 6.95. The van der Waals surface area contributed by atoms with Crippen LogP contribution in [0.2, 0.25) is 0 Å². The predicted molar refractivity (Wildman–Crippen MR) is 78.0 cm³/mol. The van der Waals surface area contributed by atoms with Gasteiger partial charge in [-0.15, -0.1) is 0 Å². The van der Waals surface area contributed by atoms with E-state index in [1.165, 1.54) is 7.11 Å². The number of carbonyl (C=O) groups is 1. The molecule has 0 aliphatic carbocycles. The van der Waals surface area contributed by atoms with Crippen LogP contribution in [0.5, 0.6) is 0 Å². The molecule has 2 heterocycles. The number of hydrogen-bond donors (Lipinski definition) is 1. The van der Waals surface area contributed by atoms with Crippen LogP contribution in [0.4, 0.5) is 0 Å².